The van der Waals surface area contributed by atoms with Crippen LogP contribution in [0.15, 0.2) is 23.6 Å². The lowest BCUT2D eigenvalue weighted by molar-refractivity contribution is 0.0851. The van der Waals surface area contributed by atoms with Crippen molar-refractivity contribution in [2.45, 2.75) is 26.2 Å². The minimum Gasteiger partial charge on any atom is -0.266 e. The van der Waals surface area contributed by atoms with Crippen LogP contribution < -0.4 is 10.9 Å². The Balaban J connectivity index is 1.62. The maximum atomic E-state index is 12.1. The summed E-state index contributed by atoms with van der Waals surface area (Å²) in [5.74, 6) is 0.154. The SMILES string of the molecule is C[C@@H]1CCc2sc(C(=O)NNC(=O)c3cccs3)cc2C1. The number of hydrogen-bond acceptors (Lipinski definition) is 4. The molecule has 1 atom stereocenters. The molecule has 2 N–H and O–H groups in total. The molecule has 0 saturated heterocycles. The molecule has 0 radical (unpaired) electrons. The van der Waals surface area contributed by atoms with Crippen LogP contribution >= 0.6 is 22.7 Å². The summed E-state index contributed by atoms with van der Waals surface area (Å²) in [6, 6.07) is 5.48. The van der Waals surface area contributed by atoms with Gasteiger partial charge in [0.1, 0.15) is 0 Å². The predicted molar refractivity (Wildman–Crippen MR) is 84.8 cm³/mol. The minimum atomic E-state index is -0.284. The number of nitrogens with one attached hydrogen (secondary N) is 2. The van der Waals surface area contributed by atoms with Gasteiger partial charge in [0.2, 0.25) is 0 Å². The average molecular weight is 320 g/mol. The van der Waals surface area contributed by atoms with Gasteiger partial charge in [-0.15, -0.1) is 22.7 Å². The maximum absolute atomic E-state index is 12.1. The molecule has 0 aromatic carbocycles. The number of aryl methyl sites for hydroxylation is 1. The van der Waals surface area contributed by atoms with E-state index in [1.165, 1.54) is 39.5 Å². The van der Waals surface area contributed by atoms with Crippen molar-refractivity contribution in [3.63, 3.8) is 0 Å². The van der Waals surface area contributed by atoms with Gasteiger partial charge in [0.05, 0.1) is 9.75 Å². The van der Waals surface area contributed by atoms with Crippen molar-refractivity contribution in [1.82, 2.24) is 10.9 Å². The van der Waals surface area contributed by atoms with Crippen LogP contribution in [0.1, 0.15) is 43.1 Å². The van der Waals surface area contributed by atoms with Crippen LogP contribution in [0, 0.1) is 5.92 Å². The van der Waals surface area contributed by atoms with Crippen molar-refractivity contribution in [3.8, 4) is 0 Å². The van der Waals surface area contributed by atoms with Gasteiger partial charge in [0.15, 0.2) is 0 Å². The molecule has 2 amide bonds. The smallest absolute Gasteiger partial charge is 0.266 e. The standard InChI is InChI=1S/C15H16N2O2S2/c1-9-4-5-11-10(7-9)8-13(21-11)15(19)17-16-14(18)12-3-2-6-20-12/h2-3,6,8-9H,4-5,7H2,1H3,(H,16,18)(H,17,19)/t9-/m1/s1. The largest absolute Gasteiger partial charge is 0.279 e. The molecular weight excluding hydrogens is 304 g/mol. The van der Waals surface area contributed by atoms with Gasteiger partial charge in [-0.3, -0.25) is 20.4 Å². The molecule has 2 aromatic heterocycles. The summed E-state index contributed by atoms with van der Waals surface area (Å²) in [7, 11) is 0. The van der Waals surface area contributed by atoms with Gasteiger partial charge in [0.25, 0.3) is 11.8 Å². The molecule has 4 nitrogen and oxygen atoms in total. The first kappa shape index (κ1) is 14.3. The third kappa shape index (κ3) is 3.16. The van der Waals surface area contributed by atoms with Gasteiger partial charge in [-0.1, -0.05) is 13.0 Å². The molecule has 1 aliphatic carbocycles. The number of carbonyl (C=O) groups excluding carboxylic acids is 2. The number of fused-ring (bicyclic) bond motifs is 1. The fourth-order valence-corrected chi connectivity index (χ4v) is 4.18. The van der Waals surface area contributed by atoms with Gasteiger partial charge in [-0.05, 0) is 48.3 Å². The van der Waals surface area contributed by atoms with Crippen molar-refractivity contribution in [3.05, 3.63) is 43.8 Å². The fraction of sp³-hybridized carbons (Fsp3) is 0.333. The molecule has 1 aliphatic rings. The summed E-state index contributed by atoms with van der Waals surface area (Å²) < 4.78 is 0. The summed E-state index contributed by atoms with van der Waals surface area (Å²) in [6.45, 7) is 2.24. The van der Waals surface area contributed by atoms with Crippen LogP contribution in [-0.2, 0) is 12.8 Å². The lowest BCUT2D eigenvalue weighted by atomic mass is 9.90. The number of thiophene rings is 2. The van der Waals surface area contributed by atoms with Crippen molar-refractivity contribution >= 4 is 34.5 Å². The highest BCUT2D eigenvalue weighted by atomic mass is 32.1. The third-order valence-electron chi connectivity index (χ3n) is 3.59. The number of hydrogen-bond donors (Lipinski definition) is 2. The van der Waals surface area contributed by atoms with E-state index in [0.717, 1.165) is 12.8 Å². The van der Waals surface area contributed by atoms with Crippen LogP contribution in [0.5, 0.6) is 0 Å². The van der Waals surface area contributed by atoms with Gasteiger partial charge in [-0.25, -0.2) is 0 Å². The predicted octanol–water partition coefficient (Wildman–Crippen LogP) is 3.01. The van der Waals surface area contributed by atoms with E-state index in [9.17, 15) is 9.59 Å². The van der Waals surface area contributed by atoms with Crippen molar-refractivity contribution < 1.29 is 9.59 Å². The summed E-state index contributed by atoms with van der Waals surface area (Å²) >= 11 is 2.87. The second-order valence-corrected chi connectivity index (χ2v) is 7.38. The molecule has 21 heavy (non-hydrogen) atoms. The highest BCUT2D eigenvalue weighted by molar-refractivity contribution is 7.14. The Hall–Kier alpha value is -1.66. The third-order valence-corrected chi connectivity index (χ3v) is 5.69. The van der Waals surface area contributed by atoms with E-state index < -0.39 is 0 Å². The molecule has 6 heteroatoms. The van der Waals surface area contributed by atoms with Gasteiger partial charge < -0.3 is 0 Å². The van der Waals surface area contributed by atoms with Crippen molar-refractivity contribution in [2.75, 3.05) is 0 Å². The van der Waals surface area contributed by atoms with Crippen LogP contribution in [0.4, 0.5) is 0 Å². The Morgan fingerprint density at radius 3 is 2.71 bits per heavy atom. The summed E-state index contributed by atoms with van der Waals surface area (Å²) in [4.78, 5) is 26.4. The number of hydrazine groups is 1. The molecule has 110 valence electrons. The topological polar surface area (TPSA) is 58.2 Å². The Bertz CT molecular complexity index is 661. The minimum absolute atomic E-state index is 0.244. The summed E-state index contributed by atoms with van der Waals surface area (Å²) in [6.07, 6.45) is 3.28. The van der Waals surface area contributed by atoms with E-state index in [2.05, 4.69) is 17.8 Å². The first-order valence-corrected chi connectivity index (χ1v) is 8.59. The normalized spacial score (nSPS) is 17.1. The Kier molecular flexibility index (Phi) is 4.07. The van der Waals surface area contributed by atoms with Crippen molar-refractivity contribution in [2.24, 2.45) is 5.92 Å². The quantitative estimate of drug-likeness (QED) is 0.836. The maximum Gasteiger partial charge on any atom is 0.279 e. The van der Waals surface area contributed by atoms with E-state index in [-0.39, 0.29) is 11.8 Å². The van der Waals surface area contributed by atoms with E-state index in [4.69, 9.17) is 0 Å². The van der Waals surface area contributed by atoms with E-state index in [0.29, 0.717) is 15.7 Å². The lowest BCUT2D eigenvalue weighted by Gasteiger charge is -2.16. The molecule has 0 aliphatic heterocycles. The fourth-order valence-electron chi connectivity index (χ4n) is 2.46. The van der Waals surface area contributed by atoms with Crippen LogP contribution in [-0.4, -0.2) is 11.8 Å². The van der Waals surface area contributed by atoms with E-state index in [1.54, 1.807) is 12.1 Å². The Morgan fingerprint density at radius 1 is 1.24 bits per heavy atom. The lowest BCUT2D eigenvalue weighted by Crippen LogP contribution is -2.41. The van der Waals surface area contributed by atoms with Gasteiger partial charge in [0, 0.05) is 4.88 Å². The van der Waals surface area contributed by atoms with E-state index >= 15 is 0 Å². The molecule has 2 heterocycles. The number of rotatable bonds is 2. The van der Waals surface area contributed by atoms with Crippen LogP contribution in [0.25, 0.3) is 0 Å². The molecule has 0 bridgehead atoms. The highest BCUT2D eigenvalue weighted by Crippen LogP contribution is 2.32. The molecule has 2 aromatic rings. The van der Waals surface area contributed by atoms with Crippen LogP contribution in [0.3, 0.4) is 0 Å². The zero-order valence-corrected chi connectivity index (χ0v) is 13.3. The average Bonchev–Trinajstić information content (AvgIpc) is 3.12. The zero-order valence-electron chi connectivity index (χ0n) is 11.6. The number of amides is 2. The number of carbonyl (C=O) groups is 2. The molecule has 0 spiro atoms. The Labute approximate surface area is 131 Å². The monoisotopic (exact) mass is 320 g/mol. The molecule has 0 fully saturated rings. The highest BCUT2D eigenvalue weighted by Gasteiger charge is 2.21. The molecule has 0 unspecified atom stereocenters. The second-order valence-electron chi connectivity index (χ2n) is 5.29. The first-order chi connectivity index (χ1) is 10.1. The Morgan fingerprint density at radius 2 is 2.00 bits per heavy atom. The molecule has 3 rings (SSSR count). The van der Waals surface area contributed by atoms with Gasteiger partial charge in [-0.2, -0.15) is 0 Å². The summed E-state index contributed by atoms with van der Waals surface area (Å²) in [5, 5.41) is 1.82. The zero-order chi connectivity index (χ0) is 14.8. The molecule has 0 saturated carbocycles. The van der Waals surface area contributed by atoms with E-state index in [1.807, 2.05) is 11.4 Å². The summed E-state index contributed by atoms with van der Waals surface area (Å²) in [5.41, 5.74) is 6.22. The van der Waals surface area contributed by atoms with Crippen molar-refractivity contribution in [1.29, 1.82) is 0 Å². The van der Waals surface area contributed by atoms with Gasteiger partial charge >= 0.3 is 0 Å². The van der Waals surface area contributed by atoms with Crippen LogP contribution in [0.2, 0.25) is 0 Å². The second kappa shape index (κ2) is 5.99. The first-order valence-electron chi connectivity index (χ1n) is 6.89. The molecular formula is C15H16N2O2S2.